The normalized spacial score (nSPS) is 14.5. The number of benzene rings is 1. The van der Waals surface area contributed by atoms with Gasteiger partial charge in [0.2, 0.25) is 5.91 Å². The van der Waals surface area contributed by atoms with Crippen molar-refractivity contribution in [2.75, 3.05) is 50.1 Å². The molecule has 3 heterocycles. The van der Waals surface area contributed by atoms with Crippen molar-refractivity contribution in [2.45, 2.75) is 13.3 Å². The number of aromatic nitrogens is 3. The van der Waals surface area contributed by atoms with Gasteiger partial charge < -0.3 is 19.3 Å². The molecule has 0 aliphatic carbocycles. The molecule has 0 N–H and O–H groups in total. The maximum absolute atomic E-state index is 12.9. The first-order chi connectivity index (χ1) is 13.9. The Bertz CT molecular complexity index is 1030. The van der Waals surface area contributed by atoms with Crippen molar-refractivity contribution < 1.29 is 4.79 Å². The van der Waals surface area contributed by atoms with Gasteiger partial charge in [0.15, 0.2) is 0 Å². The van der Waals surface area contributed by atoms with Gasteiger partial charge in [-0.15, -0.1) is 0 Å². The van der Waals surface area contributed by atoms with Gasteiger partial charge in [-0.1, -0.05) is 18.2 Å². The fourth-order valence-electron chi connectivity index (χ4n) is 3.95. The molecule has 4 rings (SSSR count). The highest BCUT2D eigenvalue weighted by molar-refractivity contribution is 5.89. The zero-order valence-corrected chi connectivity index (χ0v) is 17.6. The summed E-state index contributed by atoms with van der Waals surface area (Å²) in [5, 5.41) is 1.16. The Kier molecular flexibility index (Phi) is 5.13. The van der Waals surface area contributed by atoms with Crippen LogP contribution in [0, 0.1) is 6.92 Å². The predicted molar refractivity (Wildman–Crippen MR) is 117 cm³/mol. The molecule has 0 radical (unpaired) electrons. The number of hydrogen-bond donors (Lipinski definition) is 0. The lowest BCUT2D eigenvalue weighted by Gasteiger charge is -2.35. The van der Waals surface area contributed by atoms with E-state index in [0.717, 1.165) is 47.0 Å². The molecule has 7 heteroatoms. The molecular formula is C22H28N6O. The van der Waals surface area contributed by atoms with E-state index in [0.29, 0.717) is 19.5 Å². The molecule has 1 fully saturated rings. The number of aryl methyl sites for hydroxylation is 2. The molecule has 0 atom stereocenters. The molecule has 29 heavy (non-hydrogen) atoms. The third-order valence-corrected chi connectivity index (χ3v) is 5.55. The van der Waals surface area contributed by atoms with E-state index in [4.69, 9.17) is 0 Å². The Hall–Kier alpha value is -3.09. The zero-order chi connectivity index (χ0) is 20.5. The Morgan fingerprint density at radius 1 is 1.10 bits per heavy atom. The largest absolute Gasteiger partial charge is 0.363 e. The first kappa shape index (κ1) is 19.2. The summed E-state index contributed by atoms with van der Waals surface area (Å²) in [6.45, 7) is 4.91. The van der Waals surface area contributed by atoms with Gasteiger partial charge in [0.25, 0.3) is 0 Å². The molecule has 0 bridgehead atoms. The third kappa shape index (κ3) is 3.90. The molecule has 3 aromatic rings. The number of anilines is 2. The van der Waals surface area contributed by atoms with Crippen LogP contribution in [0.2, 0.25) is 0 Å². The molecule has 2 aromatic heterocycles. The second-order valence-electron chi connectivity index (χ2n) is 7.85. The van der Waals surface area contributed by atoms with Crippen LogP contribution >= 0.6 is 0 Å². The Morgan fingerprint density at radius 3 is 2.55 bits per heavy atom. The minimum absolute atomic E-state index is 0.189. The lowest BCUT2D eigenvalue weighted by Crippen LogP contribution is -2.49. The van der Waals surface area contributed by atoms with Crippen molar-refractivity contribution >= 4 is 28.4 Å². The lowest BCUT2D eigenvalue weighted by molar-refractivity contribution is -0.130. The van der Waals surface area contributed by atoms with Crippen molar-refractivity contribution in [3.63, 3.8) is 0 Å². The van der Waals surface area contributed by atoms with Gasteiger partial charge in [0.1, 0.15) is 17.5 Å². The van der Waals surface area contributed by atoms with Crippen molar-refractivity contribution in [3.8, 4) is 0 Å². The van der Waals surface area contributed by atoms with Gasteiger partial charge >= 0.3 is 0 Å². The Balaban J connectivity index is 1.42. The fraction of sp³-hybridized carbons (Fsp3) is 0.409. The maximum atomic E-state index is 12.9. The van der Waals surface area contributed by atoms with E-state index in [1.165, 1.54) is 0 Å². The molecule has 0 spiro atoms. The highest BCUT2D eigenvalue weighted by Crippen LogP contribution is 2.22. The number of amides is 1. The summed E-state index contributed by atoms with van der Waals surface area (Å²) in [7, 11) is 5.99. The number of rotatable bonds is 4. The number of piperazine rings is 1. The minimum Gasteiger partial charge on any atom is -0.363 e. The quantitative estimate of drug-likeness (QED) is 0.682. The minimum atomic E-state index is 0.189. The summed E-state index contributed by atoms with van der Waals surface area (Å²) < 4.78 is 2.09. The van der Waals surface area contributed by atoms with Gasteiger partial charge in [-0.3, -0.25) is 4.79 Å². The Labute approximate surface area is 171 Å². The summed E-state index contributed by atoms with van der Waals surface area (Å²) in [6.07, 6.45) is 2.52. The summed E-state index contributed by atoms with van der Waals surface area (Å²) in [5.74, 6) is 2.79. The number of nitrogens with zero attached hydrogens (tertiary/aromatic N) is 6. The molecule has 1 aliphatic heterocycles. The van der Waals surface area contributed by atoms with Crippen LogP contribution in [0.1, 0.15) is 11.4 Å². The average molecular weight is 393 g/mol. The van der Waals surface area contributed by atoms with Gasteiger partial charge in [-0.05, 0) is 18.6 Å². The standard InChI is InChI=1S/C22H28N6O/c1-16-23-20(25(2)3)14-21(24-16)27-9-11-28(12-10-27)22(29)13-17-15-26(4)19-8-6-5-7-18(17)19/h5-8,14-15H,9-13H2,1-4H3. The van der Waals surface area contributed by atoms with Crippen LogP contribution in [0.5, 0.6) is 0 Å². The van der Waals surface area contributed by atoms with E-state index < -0.39 is 0 Å². The number of carbonyl (C=O) groups is 1. The van der Waals surface area contributed by atoms with Crippen LogP contribution < -0.4 is 9.80 Å². The monoisotopic (exact) mass is 392 g/mol. The van der Waals surface area contributed by atoms with Gasteiger partial charge in [-0.2, -0.15) is 0 Å². The third-order valence-electron chi connectivity index (χ3n) is 5.55. The van der Waals surface area contributed by atoms with E-state index in [1.54, 1.807) is 0 Å². The molecular weight excluding hydrogens is 364 g/mol. The second-order valence-corrected chi connectivity index (χ2v) is 7.85. The van der Waals surface area contributed by atoms with Gasteiger partial charge in [0, 0.05) is 70.5 Å². The Morgan fingerprint density at radius 2 is 1.83 bits per heavy atom. The first-order valence-electron chi connectivity index (χ1n) is 10.0. The summed E-state index contributed by atoms with van der Waals surface area (Å²) in [6, 6.07) is 10.3. The zero-order valence-electron chi connectivity index (χ0n) is 17.6. The van der Waals surface area contributed by atoms with Crippen LogP contribution in [0.4, 0.5) is 11.6 Å². The second kappa shape index (κ2) is 7.73. The van der Waals surface area contributed by atoms with Crippen LogP contribution in [0.15, 0.2) is 36.5 Å². The van der Waals surface area contributed by atoms with Gasteiger partial charge in [-0.25, -0.2) is 9.97 Å². The van der Waals surface area contributed by atoms with E-state index in [9.17, 15) is 4.79 Å². The summed E-state index contributed by atoms with van der Waals surface area (Å²) in [4.78, 5) is 28.2. The molecule has 152 valence electrons. The lowest BCUT2D eigenvalue weighted by atomic mass is 10.1. The topological polar surface area (TPSA) is 57.5 Å². The van der Waals surface area contributed by atoms with Crippen molar-refractivity contribution in [3.05, 3.63) is 47.9 Å². The van der Waals surface area contributed by atoms with E-state index in [2.05, 4.69) is 37.8 Å². The van der Waals surface area contributed by atoms with Crippen LogP contribution in [-0.2, 0) is 18.3 Å². The molecule has 0 saturated carbocycles. The highest BCUT2D eigenvalue weighted by atomic mass is 16.2. The number of carbonyl (C=O) groups excluding carboxylic acids is 1. The summed E-state index contributed by atoms with van der Waals surface area (Å²) >= 11 is 0. The van der Waals surface area contributed by atoms with Crippen molar-refractivity contribution in [2.24, 2.45) is 7.05 Å². The van der Waals surface area contributed by atoms with Crippen LogP contribution in [0.25, 0.3) is 10.9 Å². The maximum Gasteiger partial charge on any atom is 0.227 e. The predicted octanol–water partition coefficient (Wildman–Crippen LogP) is 2.23. The molecule has 0 unspecified atom stereocenters. The molecule has 7 nitrogen and oxygen atoms in total. The van der Waals surface area contributed by atoms with Crippen molar-refractivity contribution in [1.29, 1.82) is 0 Å². The number of fused-ring (bicyclic) bond motifs is 1. The van der Waals surface area contributed by atoms with Crippen LogP contribution in [0.3, 0.4) is 0 Å². The smallest absolute Gasteiger partial charge is 0.227 e. The first-order valence-corrected chi connectivity index (χ1v) is 10.0. The highest BCUT2D eigenvalue weighted by Gasteiger charge is 2.23. The number of para-hydroxylation sites is 1. The molecule has 1 aromatic carbocycles. The fourth-order valence-corrected chi connectivity index (χ4v) is 3.95. The van der Waals surface area contributed by atoms with Crippen molar-refractivity contribution in [1.82, 2.24) is 19.4 Å². The molecule has 1 amide bonds. The molecule has 1 aliphatic rings. The SMILES string of the molecule is Cc1nc(N(C)C)cc(N2CCN(C(=O)Cc3cn(C)c4ccccc34)CC2)n1. The van der Waals surface area contributed by atoms with E-state index in [1.807, 2.05) is 56.1 Å². The average Bonchev–Trinajstić information content (AvgIpc) is 3.03. The summed E-state index contributed by atoms with van der Waals surface area (Å²) in [5.41, 5.74) is 2.26. The molecule has 1 saturated heterocycles. The van der Waals surface area contributed by atoms with Gasteiger partial charge in [0.05, 0.1) is 6.42 Å². The van der Waals surface area contributed by atoms with E-state index in [-0.39, 0.29) is 5.91 Å². The number of hydrogen-bond acceptors (Lipinski definition) is 5. The van der Waals surface area contributed by atoms with E-state index >= 15 is 0 Å². The van der Waals surface area contributed by atoms with Crippen LogP contribution in [-0.4, -0.2) is 65.6 Å².